The molecule has 0 aliphatic carbocycles. The number of amides is 2. The van der Waals surface area contributed by atoms with E-state index in [1.165, 1.54) is 0 Å². The van der Waals surface area contributed by atoms with Crippen LogP contribution in [0.15, 0.2) is 35.0 Å². The summed E-state index contributed by atoms with van der Waals surface area (Å²) in [7, 11) is 4.02. The fraction of sp³-hybridized carbons (Fsp3) is 0.550. The summed E-state index contributed by atoms with van der Waals surface area (Å²) >= 11 is 0. The van der Waals surface area contributed by atoms with Crippen molar-refractivity contribution >= 4 is 12.0 Å². The lowest BCUT2D eigenvalue weighted by atomic mass is 10.1. The van der Waals surface area contributed by atoms with E-state index in [2.05, 4.69) is 25.1 Å². The fourth-order valence-corrected chi connectivity index (χ4v) is 3.28. The fourth-order valence-electron chi connectivity index (χ4n) is 3.28. The third kappa shape index (κ3) is 5.69. The largest absolute Gasteiger partial charge is 0.464 e. The molecule has 0 unspecified atom stereocenters. The summed E-state index contributed by atoms with van der Waals surface area (Å²) in [5, 5.41) is 3.20. The van der Waals surface area contributed by atoms with Crippen LogP contribution in [-0.2, 0) is 6.54 Å². The van der Waals surface area contributed by atoms with Crippen molar-refractivity contribution in [2.75, 3.05) is 45.2 Å². The highest BCUT2D eigenvalue weighted by Gasteiger charge is 2.24. The summed E-state index contributed by atoms with van der Waals surface area (Å²) in [5.74, 6) is 2.42. The molecule has 0 saturated carbocycles. The molecule has 2 aromatic rings. The third-order valence-corrected chi connectivity index (χ3v) is 4.90. The molecule has 3 rings (SSSR count). The summed E-state index contributed by atoms with van der Waals surface area (Å²) in [6.07, 6.45) is 5.28. The van der Waals surface area contributed by atoms with E-state index in [1.807, 2.05) is 44.1 Å². The monoisotopic (exact) mass is 386 g/mol. The van der Waals surface area contributed by atoms with E-state index < -0.39 is 0 Å². The van der Waals surface area contributed by atoms with Gasteiger partial charge in [-0.3, -0.25) is 0 Å². The summed E-state index contributed by atoms with van der Waals surface area (Å²) in [5.41, 5.74) is 0. The molecular formula is C20H30N6O2. The summed E-state index contributed by atoms with van der Waals surface area (Å²) in [6.45, 7) is 5.52. The quantitative estimate of drug-likeness (QED) is 0.785. The number of carbonyl (C=O) groups excluding carboxylic acids is 1. The average molecular weight is 387 g/mol. The van der Waals surface area contributed by atoms with Crippen molar-refractivity contribution in [3.8, 4) is 0 Å². The predicted molar refractivity (Wildman–Crippen MR) is 108 cm³/mol. The van der Waals surface area contributed by atoms with Crippen LogP contribution < -0.4 is 10.2 Å². The van der Waals surface area contributed by atoms with Gasteiger partial charge < -0.3 is 24.4 Å². The zero-order valence-corrected chi connectivity index (χ0v) is 17.0. The van der Waals surface area contributed by atoms with Crippen molar-refractivity contribution in [1.82, 2.24) is 25.1 Å². The van der Waals surface area contributed by atoms with Crippen molar-refractivity contribution in [1.29, 1.82) is 0 Å². The highest BCUT2D eigenvalue weighted by molar-refractivity contribution is 5.74. The Balaban J connectivity index is 1.54. The first-order valence-corrected chi connectivity index (χ1v) is 9.78. The Morgan fingerprint density at radius 3 is 2.54 bits per heavy atom. The van der Waals surface area contributed by atoms with Gasteiger partial charge in [-0.25, -0.2) is 14.8 Å². The lowest BCUT2D eigenvalue weighted by Crippen LogP contribution is -2.50. The summed E-state index contributed by atoms with van der Waals surface area (Å²) in [4.78, 5) is 27.6. The van der Waals surface area contributed by atoms with Crippen LogP contribution in [0, 0.1) is 6.92 Å². The van der Waals surface area contributed by atoms with Gasteiger partial charge in [0.25, 0.3) is 0 Å². The number of rotatable bonds is 7. The SMILES string of the molecule is Cc1ccc(CN(CCN(C)C)C(=O)NC2CCN(c3ncccn3)CC2)o1. The molecule has 2 amide bonds. The molecule has 8 heteroatoms. The second-order valence-electron chi connectivity index (χ2n) is 7.50. The van der Waals surface area contributed by atoms with Gasteiger partial charge in [0.05, 0.1) is 6.54 Å². The third-order valence-electron chi connectivity index (χ3n) is 4.90. The van der Waals surface area contributed by atoms with E-state index >= 15 is 0 Å². The van der Waals surface area contributed by atoms with E-state index in [0.717, 1.165) is 49.9 Å². The number of urea groups is 1. The minimum absolute atomic E-state index is 0.0367. The van der Waals surface area contributed by atoms with Crippen LogP contribution in [0.4, 0.5) is 10.7 Å². The van der Waals surface area contributed by atoms with E-state index in [4.69, 9.17) is 4.42 Å². The molecule has 3 heterocycles. The maximum absolute atomic E-state index is 12.9. The van der Waals surface area contributed by atoms with E-state index in [9.17, 15) is 4.79 Å². The smallest absolute Gasteiger partial charge is 0.318 e. The molecule has 0 aromatic carbocycles. The van der Waals surface area contributed by atoms with Gasteiger partial charge in [-0.2, -0.15) is 0 Å². The maximum atomic E-state index is 12.9. The van der Waals surface area contributed by atoms with Gasteiger partial charge in [0.1, 0.15) is 11.5 Å². The lowest BCUT2D eigenvalue weighted by molar-refractivity contribution is 0.177. The molecule has 152 valence electrons. The van der Waals surface area contributed by atoms with Crippen LogP contribution in [-0.4, -0.2) is 72.1 Å². The zero-order chi connectivity index (χ0) is 19.9. The first kappa shape index (κ1) is 20.1. The Hall–Kier alpha value is -2.61. The number of piperidine rings is 1. The Kier molecular flexibility index (Phi) is 6.86. The maximum Gasteiger partial charge on any atom is 0.318 e. The molecule has 28 heavy (non-hydrogen) atoms. The molecule has 0 spiro atoms. The average Bonchev–Trinajstić information content (AvgIpc) is 3.11. The Morgan fingerprint density at radius 1 is 1.21 bits per heavy atom. The van der Waals surface area contributed by atoms with Gasteiger partial charge in [-0.15, -0.1) is 0 Å². The number of furan rings is 1. The van der Waals surface area contributed by atoms with Crippen LogP contribution >= 0.6 is 0 Å². The second kappa shape index (κ2) is 9.54. The minimum atomic E-state index is -0.0367. The highest BCUT2D eigenvalue weighted by atomic mass is 16.3. The van der Waals surface area contributed by atoms with Crippen LogP contribution in [0.5, 0.6) is 0 Å². The molecule has 8 nitrogen and oxygen atoms in total. The Labute approximate surface area is 166 Å². The molecule has 0 bridgehead atoms. The van der Waals surface area contributed by atoms with Crippen molar-refractivity contribution in [3.05, 3.63) is 42.1 Å². The number of hydrogen-bond acceptors (Lipinski definition) is 6. The first-order valence-electron chi connectivity index (χ1n) is 9.78. The van der Waals surface area contributed by atoms with E-state index in [1.54, 1.807) is 12.4 Å². The van der Waals surface area contributed by atoms with Gasteiger partial charge in [0.2, 0.25) is 5.95 Å². The van der Waals surface area contributed by atoms with Gasteiger partial charge >= 0.3 is 6.03 Å². The lowest BCUT2D eigenvalue weighted by Gasteiger charge is -2.33. The van der Waals surface area contributed by atoms with E-state index in [-0.39, 0.29) is 12.1 Å². The highest BCUT2D eigenvalue weighted by Crippen LogP contribution is 2.16. The molecular weight excluding hydrogens is 356 g/mol. The second-order valence-corrected chi connectivity index (χ2v) is 7.50. The van der Waals surface area contributed by atoms with Crippen LogP contribution in [0.2, 0.25) is 0 Å². The zero-order valence-electron chi connectivity index (χ0n) is 17.0. The molecule has 1 fully saturated rings. The Bertz CT molecular complexity index is 740. The number of aromatic nitrogens is 2. The predicted octanol–water partition coefficient (Wildman–Crippen LogP) is 2.12. The molecule has 1 N–H and O–H groups in total. The normalized spacial score (nSPS) is 15.1. The number of nitrogens with one attached hydrogen (secondary N) is 1. The molecule has 1 aliphatic rings. The molecule has 1 aliphatic heterocycles. The molecule has 0 atom stereocenters. The molecule has 0 radical (unpaired) electrons. The first-order chi connectivity index (χ1) is 13.5. The minimum Gasteiger partial charge on any atom is -0.464 e. The van der Waals surface area contributed by atoms with Crippen molar-refractivity contribution in [2.24, 2.45) is 0 Å². The molecule has 1 saturated heterocycles. The number of nitrogens with zero attached hydrogens (tertiary/aromatic N) is 5. The summed E-state index contributed by atoms with van der Waals surface area (Å²) < 4.78 is 5.67. The van der Waals surface area contributed by atoms with Crippen molar-refractivity contribution in [3.63, 3.8) is 0 Å². The van der Waals surface area contributed by atoms with Crippen molar-refractivity contribution < 1.29 is 9.21 Å². The van der Waals surface area contributed by atoms with Gasteiger partial charge in [-0.1, -0.05) is 0 Å². The number of likely N-dealkylation sites (N-methyl/N-ethyl adjacent to an activating group) is 1. The van der Waals surface area contributed by atoms with Crippen LogP contribution in [0.25, 0.3) is 0 Å². The van der Waals surface area contributed by atoms with Crippen LogP contribution in [0.1, 0.15) is 24.4 Å². The number of aryl methyl sites for hydroxylation is 1. The van der Waals surface area contributed by atoms with Gasteiger partial charge in [-0.05, 0) is 52.1 Å². The summed E-state index contributed by atoms with van der Waals surface area (Å²) in [6, 6.07) is 5.81. The van der Waals surface area contributed by atoms with E-state index in [0.29, 0.717) is 13.1 Å². The van der Waals surface area contributed by atoms with Crippen molar-refractivity contribution in [2.45, 2.75) is 32.4 Å². The standard InChI is InChI=1S/C20H30N6O2/c1-16-5-6-18(28-16)15-26(14-13-24(2)3)20(27)23-17-7-11-25(12-8-17)19-21-9-4-10-22-19/h4-6,9-10,17H,7-8,11-15H2,1-3H3,(H,23,27). The number of carbonyl (C=O) groups is 1. The van der Waals surface area contributed by atoms with Crippen LogP contribution in [0.3, 0.4) is 0 Å². The molecule has 2 aromatic heterocycles. The number of anilines is 1. The Morgan fingerprint density at radius 2 is 1.93 bits per heavy atom. The topological polar surface area (TPSA) is 77.7 Å². The van der Waals surface area contributed by atoms with Gasteiger partial charge in [0, 0.05) is 44.6 Å². The van der Waals surface area contributed by atoms with Gasteiger partial charge in [0.15, 0.2) is 0 Å². The number of hydrogen-bond donors (Lipinski definition) is 1.